The molecule has 0 bridgehead atoms. The third kappa shape index (κ3) is 4.21. The molecule has 1 aromatic heterocycles. The lowest BCUT2D eigenvalue weighted by atomic mass is 9.90. The fraction of sp³-hybridized carbons (Fsp3) is 0.500. The van der Waals surface area contributed by atoms with E-state index in [2.05, 4.69) is 37.9 Å². The van der Waals surface area contributed by atoms with Gasteiger partial charge in [-0.25, -0.2) is 15.4 Å². The van der Waals surface area contributed by atoms with Crippen molar-refractivity contribution in [2.75, 3.05) is 39.0 Å². The molecule has 0 saturated carbocycles. The second kappa shape index (κ2) is 8.21. The van der Waals surface area contributed by atoms with Crippen LogP contribution in [0.3, 0.4) is 0 Å². The van der Waals surface area contributed by atoms with Crippen LogP contribution in [-0.4, -0.2) is 48.2 Å². The van der Waals surface area contributed by atoms with Crippen molar-refractivity contribution in [3.05, 3.63) is 47.8 Å². The van der Waals surface area contributed by atoms with E-state index in [9.17, 15) is 0 Å². The number of ether oxygens (including phenoxy) is 1. The first-order valence-corrected chi connectivity index (χ1v) is 9.66. The van der Waals surface area contributed by atoms with Crippen molar-refractivity contribution in [1.82, 2.24) is 25.7 Å². The molecule has 2 aliphatic heterocycles. The summed E-state index contributed by atoms with van der Waals surface area (Å²) in [5.41, 5.74) is 14.9. The Labute approximate surface area is 160 Å². The number of likely N-dealkylation sites (tertiary alicyclic amines) is 1. The van der Waals surface area contributed by atoms with Crippen LogP contribution in [-0.2, 0) is 0 Å². The van der Waals surface area contributed by atoms with Crippen LogP contribution >= 0.6 is 0 Å². The van der Waals surface area contributed by atoms with Gasteiger partial charge in [0, 0.05) is 36.8 Å². The summed E-state index contributed by atoms with van der Waals surface area (Å²) in [6.07, 6.45) is 4.01. The van der Waals surface area contributed by atoms with Crippen LogP contribution in [0.2, 0.25) is 0 Å². The van der Waals surface area contributed by atoms with Crippen LogP contribution in [0.1, 0.15) is 36.1 Å². The van der Waals surface area contributed by atoms with Crippen molar-refractivity contribution < 1.29 is 4.74 Å². The number of hydrazine groups is 1. The van der Waals surface area contributed by atoms with E-state index in [0.717, 1.165) is 50.5 Å². The van der Waals surface area contributed by atoms with E-state index in [1.54, 1.807) is 13.3 Å². The lowest BCUT2D eigenvalue weighted by molar-refractivity contribution is 0.179. The number of hydrogen-bond donors (Lipinski definition) is 3. The minimum Gasteiger partial charge on any atom is -0.497 e. The molecule has 2 aliphatic rings. The van der Waals surface area contributed by atoms with Gasteiger partial charge in [0.25, 0.3) is 0 Å². The van der Waals surface area contributed by atoms with Gasteiger partial charge < -0.3 is 15.4 Å². The number of hydrogen-bond acceptors (Lipinski definition) is 7. The van der Waals surface area contributed by atoms with E-state index in [1.807, 2.05) is 18.2 Å². The minimum absolute atomic E-state index is 0.329. The lowest BCUT2D eigenvalue weighted by Crippen LogP contribution is -2.38. The minimum atomic E-state index is 0.329. The Morgan fingerprint density at radius 2 is 1.96 bits per heavy atom. The summed E-state index contributed by atoms with van der Waals surface area (Å²) in [6.45, 7) is 4.27. The number of benzene rings is 1. The van der Waals surface area contributed by atoms with E-state index >= 15 is 0 Å². The maximum Gasteiger partial charge on any atom is 0.220 e. The van der Waals surface area contributed by atoms with Gasteiger partial charge >= 0.3 is 0 Å². The van der Waals surface area contributed by atoms with E-state index in [4.69, 9.17) is 10.5 Å². The molecule has 144 valence electrons. The van der Waals surface area contributed by atoms with Crippen LogP contribution in [0.25, 0.3) is 0 Å². The van der Waals surface area contributed by atoms with Gasteiger partial charge in [0.1, 0.15) is 5.75 Å². The van der Waals surface area contributed by atoms with Crippen LogP contribution in [0, 0.1) is 5.92 Å². The van der Waals surface area contributed by atoms with E-state index in [1.165, 1.54) is 5.56 Å². The monoisotopic (exact) mass is 368 g/mol. The Kier molecular flexibility index (Phi) is 5.52. The molecule has 3 heterocycles. The predicted octanol–water partition coefficient (Wildman–Crippen LogP) is 1.71. The number of rotatable bonds is 5. The SMILES string of the molecule is COc1ccc(C2NNCC2CN2CCC(c3ccnc(N)n3)CC2)cc1. The van der Waals surface area contributed by atoms with E-state index < -0.39 is 0 Å². The fourth-order valence-electron chi connectivity index (χ4n) is 4.23. The molecule has 2 atom stereocenters. The molecular formula is C20H28N6O. The molecule has 4 rings (SSSR count). The second-order valence-corrected chi connectivity index (χ2v) is 7.45. The Morgan fingerprint density at radius 3 is 2.67 bits per heavy atom. The molecule has 0 amide bonds. The average molecular weight is 368 g/mol. The number of nitrogen functional groups attached to an aromatic ring is 1. The number of nitrogens with one attached hydrogen (secondary N) is 2. The Morgan fingerprint density at radius 1 is 1.19 bits per heavy atom. The number of nitrogens with two attached hydrogens (primary N) is 1. The topological polar surface area (TPSA) is 88.3 Å². The highest BCUT2D eigenvalue weighted by molar-refractivity contribution is 5.30. The van der Waals surface area contributed by atoms with Gasteiger partial charge in [-0.2, -0.15) is 0 Å². The fourth-order valence-corrected chi connectivity index (χ4v) is 4.23. The molecule has 2 unspecified atom stereocenters. The van der Waals surface area contributed by atoms with Crippen molar-refractivity contribution in [3.8, 4) is 5.75 Å². The molecular weight excluding hydrogens is 340 g/mol. The summed E-state index contributed by atoms with van der Waals surface area (Å²) in [7, 11) is 1.70. The summed E-state index contributed by atoms with van der Waals surface area (Å²) in [6, 6.07) is 10.7. The normalized spacial score (nSPS) is 24.2. The van der Waals surface area contributed by atoms with Gasteiger partial charge in [-0.15, -0.1) is 0 Å². The summed E-state index contributed by atoms with van der Waals surface area (Å²) >= 11 is 0. The first kappa shape index (κ1) is 18.2. The molecule has 0 aliphatic carbocycles. The molecule has 0 radical (unpaired) electrons. The quantitative estimate of drug-likeness (QED) is 0.740. The standard InChI is InChI=1S/C20H28N6O/c1-27-17-4-2-15(3-5-17)19-16(12-23-25-19)13-26-10-7-14(8-11-26)18-6-9-22-20(21)24-18/h2-6,9,14,16,19,23,25H,7-8,10-13H2,1H3,(H2,21,22,24). The van der Waals surface area contributed by atoms with Gasteiger partial charge in [-0.1, -0.05) is 12.1 Å². The van der Waals surface area contributed by atoms with Crippen molar-refractivity contribution >= 4 is 5.95 Å². The van der Waals surface area contributed by atoms with E-state index in [-0.39, 0.29) is 0 Å². The zero-order valence-corrected chi connectivity index (χ0v) is 15.8. The summed E-state index contributed by atoms with van der Waals surface area (Å²) < 4.78 is 5.27. The van der Waals surface area contributed by atoms with Crippen molar-refractivity contribution in [2.45, 2.75) is 24.8 Å². The van der Waals surface area contributed by atoms with Crippen molar-refractivity contribution in [3.63, 3.8) is 0 Å². The molecule has 7 heteroatoms. The summed E-state index contributed by atoms with van der Waals surface area (Å²) in [5.74, 6) is 2.31. The summed E-state index contributed by atoms with van der Waals surface area (Å²) in [5, 5.41) is 0. The smallest absolute Gasteiger partial charge is 0.220 e. The largest absolute Gasteiger partial charge is 0.497 e. The Bertz CT molecular complexity index is 744. The predicted molar refractivity (Wildman–Crippen MR) is 105 cm³/mol. The van der Waals surface area contributed by atoms with Gasteiger partial charge in [0.2, 0.25) is 5.95 Å². The average Bonchev–Trinajstić information content (AvgIpc) is 3.17. The third-order valence-corrected chi connectivity index (χ3v) is 5.76. The van der Waals surface area contributed by atoms with Crippen LogP contribution in [0.5, 0.6) is 5.75 Å². The first-order chi connectivity index (χ1) is 13.2. The van der Waals surface area contributed by atoms with Crippen LogP contribution < -0.4 is 21.3 Å². The molecule has 1 aromatic carbocycles. The van der Waals surface area contributed by atoms with Crippen LogP contribution in [0.4, 0.5) is 5.95 Å². The van der Waals surface area contributed by atoms with Gasteiger partial charge in [0.15, 0.2) is 0 Å². The number of nitrogens with zero attached hydrogens (tertiary/aromatic N) is 3. The third-order valence-electron chi connectivity index (χ3n) is 5.76. The van der Waals surface area contributed by atoms with E-state index in [0.29, 0.717) is 23.8 Å². The molecule has 27 heavy (non-hydrogen) atoms. The number of anilines is 1. The first-order valence-electron chi connectivity index (χ1n) is 9.66. The molecule has 2 fully saturated rings. The van der Waals surface area contributed by atoms with Gasteiger partial charge in [-0.05, 0) is 49.7 Å². The maximum atomic E-state index is 5.74. The molecule has 4 N–H and O–H groups in total. The highest BCUT2D eigenvalue weighted by Crippen LogP contribution is 2.30. The lowest BCUT2D eigenvalue weighted by Gasteiger charge is -2.34. The molecule has 2 saturated heterocycles. The second-order valence-electron chi connectivity index (χ2n) is 7.45. The molecule has 0 spiro atoms. The highest BCUT2D eigenvalue weighted by Gasteiger charge is 2.31. The zero-order valence-electron chi connectivity index (χ0n) is 15.8. The maximum absolute atomic E-state index is 5.74. The van der Waals surface area contributed by atoms with Crippen molar-refractivity contribution in [2.24, 2.45) is 5.92 Å². The number of methoxy groups -OCH3 is 1. The zero-order chi connectivity index (χ0) is 18.6. The number of aromatic nitrogens is 2. The number of piperidine rings is 1. The molecule has 2 aromatic rings. The highest BCUT2D eigenvalue weighted by atomic mass is 16.5. The van der Waals surface area contributed by atoms with Gasteiger partial charge in [-0.3, -0.25) is 5.43 Å². The Balaban J connectivity index is 1.34. The summed E-state index contributed by atoms with van der Waals surface area (Å²) in [4.78, 5) is 11.0. The van der Waals surface area contributed by atoms with Crippen molar-refractivity contribution in [1.29, 1.82) is 0 Å². The van der Waals surface area contributed by atoms with Gasteiger partial charge in [0.05, 0.1) is 13.2 Å². The van der Waals surface area contributed by atoms with Crippen LogP contribution in [0.15, 0.2) is 36.5 Å². The molecule has 7 nitrogen and oxygen atoms in total. The Hall–Kier alpha value is -2.22.